The van der Waals surface area contributed by atoms with E-state index in [4.69, 9.17) is 0 Å². The van der Waals surface area contributed by atoms with Crippen molar-refractivity contribution in [1.29, 1.82) is 0 Å². The molecule has 0 radical (unpaired) electrons. The largest absolute Gasteiger partial charge is 0.335 e. The average Bonchev–Trinajstić information content (AvgIpc) is 2.84. The molecule has 4 rings (SSSR count). The Hall–Kier alpha value is -3.11. The molecule has 3 aromatic rings. The Morgan fingerprint density at radius 2 is 1.64 bits per heavy atom. The molecule has 2 aromatic carbocycles. The summed E-state index contributed by atoms with van der Waals surface area (Å²) in [5.41, 5.74) is -0.0399. The van der Waals surface area contributed by atoms with Crippen LogP contribution in [0.25, 0.3) is 10.8 Å². The SMILES string of the molecule is CCCCn1nc(C(=O)N2CCN(S(=O)(=O)c3ccc(F)cc3)CC2)c2ccccc2c1=O. The summed E-state index contributed by atoms with van der Waals surface area (Å²) >= 11 is 0. The van der Waals surface area contributed by atoms with Gasteiger partial charge in [0.25, 0.3) is 11.5 Å². The minimum absolute atomic E-state index is 0.0133. The van der Waals surface area contributed by atoms with Gasteiger partial charge in [-0.05, 0) is 36.8 Å². The third kappa shape index (κ3) is 4.53. The molecule has 1 amide bonds. The number of aromatic nitrogens is 2. The number of halogens is 1. The molecule has 0 saturated carbocycles. The predicted molar refractivity (Wildman–Crippen MR) is 122 cm³/mol. The van der Waals surface area contributed by atoms with Crippen LogP contribution in [0.5, 0.6) is 0 Å². The first kappa shape index (κ1) is 23.1. The van der Waals surface area contributed by atoms with E-state index in [-0.39, 0.29) is 48.2 Å². The molecular formula is C23H25FN4O4S. The molecule has 0 N–H and O–H groups in total. The van der Waals surface area contributed by atoms with Gasteiger partial charge in [0.05, 0.1) is 10.3 Å². The number of unbranched alkanes of at least 4 members (excludes halogenated alkanes) is 1. The lowest BCUT2D eigenvalue weighted by atomic mass is 10.1. The Balaban J connectivity index is 1.57. The van der Waals surface area contributed by atoms with Gasteiger partial charge in [0.15, 0.2) is 5.69 Å². The number of hydrogen-bond acceptors (Lipinski definition) is 5. The summed E-state index contributed by atoms with van der Waals surface area (Å²) in [6.07, 6.45) is 1.65. The Morgan fingerprint density at radius 3 is 2.27 bits per heavy atom. The number of fused-ring (bicyclic) bond motifs is 1. The Kier molecular flexibility index (Phi) is 6.57. The average molecular weight is 473 g/mol. The molecule has 10 heteroatoms. The van der Waals surface area contributed by atoms with Crippen molar-refractivity contribution in [2.24, 2.45) is 0 Å². The molecule has 1 aliphatic heterocycles. The van der Waals surface area contributed by atoms with Crippen LogP contribution >= 0.6 is 0 Å². The van der Waals surface area contributed by atoms with Crippen molar-refractivity contribution in [3.05, 3.63) is 70.4 Å². The van der Waals surface area contributed by atoms with Crippen molar-refractivity contribution in [3.8, 4) is 0 Å². The molecule has 0 aliphatic carbocycles. The van der Waals surface area contributed by atoms with Crippen LogP contribution in [0.2, 0.25) is 0 Å². The van der Waals surface area contributed by atoms with Crippen molar-refractivity contribution >= 4 is 26.7 Å². The standard InChI is InChI=1S/C23H25FN4O4S/c1-2-3-12-28-22(29)20-7-5-4-6-19(20)21(25-28)23(30)26-13-15-27(16-14-26)33(31,32)18-10-8-17(24)9-11-18/h4-11H,2-3,12-16H2,1H3. The maximum Gasteiger partial charge on any atom is 0.275 e. The van der Waals surface area contributed by atoms with Gasteiger partial charge in [-0.25, -0.2) is 17.5 Å². The highest BCUT2D eigenvalue weighted by molar-refractivity contribution is 7.89. The van der Waals surface area contributed by atoms with Gasteiger partial charge in [-0.1, -0.05) is 31.5 Å². The van der Waals surface area contributed by atoms with Crippen molar-refractivity contribution in [1.82, 2.24) is 19.0 Å². The maximum absolute atomic E-state index is 13.4. The highest BCUT2D eigenvalue weighted by Crippen LogP contribution is 2.20. The Bertz CT molecular complexity index is 1330. The van der Waals surface area contributed by atoms with Gasteiger partial charge in [-0.15, -0.1) is 0 Å². The normalized spacial score (nSPS) is 15.2. The molecule has 8 nitrogen and oxygen atoms in total. The quantitative estimate of drug-likeness (QED) is 0.550. The smallest absolute Gasteiger partial charge is 0.275 e. The number of hydrogen-bond donors (Lipinski definition) is 0. The van der Waals surface area contributed by atoms with Crippen LogP contribution in [0, 0.1) is 5.82 Å². The molecule has 0 spiro atoms. The zero-order valence-corrected chi connectivity index (χ0v) is 19.1. The fraction of sp³-hybridized carbons (Fsp3) is 0.348. The number of carbonyl (C=O) groups is 1. The minimum Gasteiger partial charge on any atom is -0.335 e. The minimum atomic E-state index is -3.78. The number of piperazine rings is 1. The second-order valence-electron chi connectivity index (χ2n) is 7.93. The second kappa shape index (κ2) is 9.40. The van der Waals surface area contributed by atoms with Crippen LogP contribution in [0.1, 0.15) is 30.3 Å². The van der Waals surface area contributed by atoms with E-state index < -0.39 is 15.8 Å². The third-order valence-electron chi connectivity index (χ3n) is 5.77. The highest BCUT2D eigenvalue weighted by atomic mass is 32.2. The first-order valence-electron chi connectivity index (χ1n) is 10.9. The fourth-order valence-corrected chi connectivity index (χ4v) is 5.31. The monoisotopic (exact) mass is 472 g/mol. The van der Waals surface area contributed by atoms with Crippen LogP contribution in [0.15, 0.2) is 58.2 Å². The molecule has 2 heterocycles. The van der Waals surface area contributed by atoms with Crippen LogP contribution in [-0.2, 0) is 16.6 Å². The van der Waals surface area contributed by atoms with Crippen molar-refractivity contribution in [2.45, 2.75) is 31.2 Å². The summed E-state index contributed by atoms with van der Waals surface area (Å²) in [5, 5.41) is 5.30. The van der Waals surface area contributed by atoms with E-state index in [0.717, 1.165) is 25.0 Å². The molecule has 1 aromatic heterocycles. The number of carbonyl (C=O) groups excluding carboxylic acids is 1. The van der Waals surface area contributed by atoms with E-state index in [1.807, 2.05) is 6.92 Å². The fourth-order valence-electron chi connectivity index (χ4n) is 3.89. The summed E-state index contributed by atoms with van der Waals surface area (Å²) in [5.74, 6) is -0.848. The second-order valence-corrected chi connectivity index (χ2v) is 9.86. The number of sulfonamides is 1. The van der Waals surface area contributed by atoms with E-state index in [0.29, 0.717) is 17.3 Å². The lowest BCUT2D eigenvalue weighted by molar-refractivity contribution is 0.0691. The van der Waals surface area contributed by atoms with Gasteiger partial charge < -0.3 is 4.90 Å². The van der Waals surface area contributed by atoms with Crippen molar-refractivity contribution < 1.29 is 17.6 Å². The molecular weight excluding hydrogens is 447 g/mol. The summed E-state index contributed by atoms with van der Waals surface area (Å²) < 4.78 is 41.5. The number of amides is 1. The van der Waals surface area contributed by atoms with E-state index in [2.05, 4.69) is 5.10 Å². The molecule has 174 valence electrons. The first-order valence-corrected chi connectivity index (χ1v) is 12.3. The Labute approximate surface area is 191 Å². The predicted octanol–water partition coefficient (Wildman–Crippen LogP) is 2.48. The molecule has 1 saturated heterocycles. The molecule has 1 fully saturated rings. The van der Waals surface area contributed by atoms with Crippen LogP contribution in [0.4, 0.5) is 4.39 Å². The molecule has 0 atom stereocenters. The zero-order valence-electron chi connectivity index (χ0n) is 18.3. The van der Waals surface area contributed by atoms with Gasteiger partial charge in [-0.3, -0.25) is 9.59 Å². The van der Waals surface area contributed by atoms with Gasteiger partial charge >= 0.3 is 0 Å². The number of rotatable bonds is 6. The lowest BCUT2D eigenvalue weighted by Gasteiger charge is -2.34. The summed E-state index contributed by atoms with van der Waals surface area (Å²) in [6, 6.07) is 11.6. The molecule has 0 unspecified atom stereocenters. The van der Waals surface area contributed by atoms with Crippen molar-refractivity contribution in [3.63, 3.8) is 0 Å². The van der Waals surface area contributed by atoms with Gasteiger partial charge in [0.1, 0.15) is 5.82 Å². The van der Waals surface area contributed by atoms with E-state index in [1.165, 1.54) is 21.1 Å². The van der Waals surface area contributed by atoms with Crippen LogP contribution < -0.4 is 5.56 Å². The summed E-state index contributed by atoms with van der Waals surface area (Å²) in [6.45, 7) is 3.02. The highest BCUT2D eigenvalue weighted by Gasteiger charge is 2.31. The van der Waals surface area contributed by atoms with E-state index in [9.17, 15) is 22.4 Å². The lowest BCUT2D eigenvalue weighted by Crippen LogP contribution is -2.50. The number of nitrogens with zero attached hydrogens (tertiary/aromatic N) is 4. The van der Waals surface area contributed by atoms with Gasteiger partial charge in [0, 0.05) is 38.1 Å². The Morgan fingerprint density at radius 1 is 1.00 bits per heavy atom. The van der Waals surface area contributed by atoms with E-state index >= 15 is 0 Å². The van der Waals surface area contributed by atoms with Crippen LogP contribution in [0.3, 0.4) is 0 Å². The maximum atomic E-state index is 13.4. The van der Waals surface area contributed by atoms with Crippen molar-refractivity contribution in [2.75, 3.05) is 26.2 Å². The topological polar surface area (TPSA) is 92.6 Å². The van der Waals surface area contributed by atoms with Gasteiger partial charge in [0.2, 0.25) is 10.0 Å². The van der Waals surface area contributed by atoms with E-state index in [1.54, 1.807) is 29.2 Å². The molecule has 33 heavy (non-hydrogen) atoms. The number of aryl methyl sites for hydroxylation is 1. The third-order valence-corrected chi connectivity index (χ3v) is 7.68. The van der Waals surface area contributed by atoms with Gasteiger partial charge in [-0.2, -0.15) is 9.40 Å². The summed E-state index contributed by atoms with van der Waals surface area (Å²) in [7, 11) is -3.78. The molecule has 0 bridgehead atoms. The first-order chi connectivity index (χ1) is 15.8. The number of benzene rings is 2. The summed E-state index contributed by atoms with van der Waals surface area (Å²) in [4.78, 5) is 27.7. The zero-order chi connectivity index (χ0) is 23.6. The van der Waals surface area contributed by atoms with Crippen LogP contribution in [-0.4, -0.2) is 59.5 Å². The molecule has 1 aliphatic rings.